The minimum absolute atomic E-state index is 0.392. The molecule has 0 radical (unpaired) electrons. The molecular weight excluding hydrogens is 286 g/mol. The predicted octanol–water partition coefficient (Wildman–Crippen LogP) is 4.75. The van der Waals surface area contributed by atoms with Crippen LogP contribution < -0.4 is 0 Å². The van der Waals surface area contributed by atoms with Crippen LogP contribution in [-0.2, 0) is 0 Å². The van der Waals surface area contributed by atoms with Crippen molar-refractivity contribution < 1.29 is 4.42 Å². The second-order valence-electron chi connectivity index (χ2n) is 4.22. The van der Waals surface area contributed by atoms with Crippen LogP contribution in [0.1, 0.15) is 39.5 Å². The number of oxazole rings is 1. The summed E-state index contributed by atoms with van der Waals surface area (Å²) in [5, 5.41) is 1.85. The van der Waals surface area contributed by atoms with E-state index >= 15 is 0 Å². The first-order valence-corrected chi connectivity index (χ1v) is 7.95. The van der Waals surface area contributed by atoms with Crippen molar-refractivity contribution >= 4 is 27.7 Å². The first-order chi connectivity index (χ1) is 7.76. The molecule has 1 aromatic heterocycles. The van der Waals surface area contributed by atoms with Crippen molar-refractivity contribution in [2.45, 2.75) is 44.8 Å². The molecule has 4 heteroatoms. The van der Waals surface area contributed by atoms with Crippen LogP contribution in [0, 0.1) is 5.41 Å². The van der Waals surface area contributed by atoms with Crippen LogP contribution in [0.3, 0.4) is 0 Å². The summed E-state index contributed by atoms with van der Waals surface area (Å²) in [6, 6.07) is 0. The van der Waals surface area contributed by atoms with E-state index in [1.54, 1.807) is 24.2 Å². The molecule has 1 heterocycles. The number of alkyl halides is 1. The van der Waals surface area contributed by atoms with Crippen LogP contribution in [0.15, 0.2) is 22.1 Å². The van der Waals surface area contributed by atoms with Gasteiger partial charge in [-0.15, -0.1) is 0 Å². The molecule has 16 heavy (non-hydrogen) atoms. The van der Waals surface area contributed by atoms with Crippen molar-refractivity contribution in [1.29, 1.82) is 0 Å². The lowest BCUT2D eigenvalue weighted by Gasteiger charge is -2.30. The van der Waals surface area contributed by atoms with Crippen LogP contribution >= 0.6 is 27.7 Å². The second kappa shape index (κ2) is 7.38. The molecule has 0 aliphatic rings. The average molecular weight is 306 g/mol. The number of halogens is 1. The monoisotopic (exact) mass is 305 g/mol. The highest BCUT2D eigenvalue weighted by Gasteiger charge is 2.27. The van der Waals surface area contributed by atoms with Crippen molar-refractivity contribution in [3.8, 4) is 0 Å². The third kappa shape index (κ3) is 4.13. The van der Waals surface area contributed by atoms with E-state index in [0.717, 1.165) is 16.3 Å². The van der Waals surface area contributed by atoms with E-state index in [1.165, 1.54) is 25.7 Å². The summed E-state index contributed by atoms with van der Waals surface area (Å²) in [6.07, 6.45) is 8.34. The summed E-state index contributed by atoms with van der Waals surface area (Å²) in [4.78, 5) is 4.15. The average Bonchev–Trinajstić information content (AvgIpc) is 2.79. The highest BCUT2D eigenvalue weighted by molar-refractivity contribution is 9.09. The summed E-state index contributed by atoms with van der Waals surface area (Å²) in [5.74, 6) is 1.08. The lowest BCUT2D eigenvalue weighted by atomic mass is 9.83. The third-order valence-corrected chi connectivity index (χ3v) is 5.15. The zero-order chi connectivity index (χ0) is 11.9. The van der Waals surface area contributed by atoms with Gasteiger partial charge in [-0.3, -0.25) is 0 Å². The SMILES string of the molecule is CCCC(CBr)(CCC)CSc1ncco1. The van der Waals surface area contributed by atoms with Gasteiger partial charge in [-0.2, -0.15) is 0 Å². The number of hydrogen-bond acceptors (Lipinski definition) is 3. The zero-order valence-corrected chi connectivity index (χ0v) is 12.4. The van der Waals surface area contributed by atoms with E-state index in [-0.39, 0.29) is 0 Å². The van der Waals surface area contributed by atoms with Crippen molar-refractivity contribution in [3.63, 3.8) is 0 Å². The molecule has 0 saturated heterocycles. The normalized spacial score (nSPS) is 11.9. The molecule has 1 aromatic rings. The van der Waals surface area contributed by atoms with Gasteiger partial charge in [-0.05, 0) is 18.3 Å². The molecule has 0 aliphatic heterocycles. The Morgan fingerprint density at radius 2 is 2.06 bits per heavy atom. The van der Waals surface area contributed by atoms with Crippen LogP contribution in [0.25, 0.3) is 0 Å². The molecule has 0 unspecified atom stereocenters. The topological polar surface area (TPSA) is 26.0 Å². The van der Waals surface area contributed by atoms with Gasteiger partial charge in [0.25, 0.3) is 5.22 Å². The van der Waals surface area contributed by atoms with Gasteiger partial charge in [0.2, 0.25) is 0 Å². The van der Waals surface area contributed by atoms with E-state index in [4.69, 9.17) is 4.42 Å². The fraction of sp³-hybridized carbons (Fsp3) is 0.750. The molecule has 0 N–H and O–H groups in total. The van der Waals surface area contributed by atoms with Gasteiger partial charge in [0.05, 0.1) is 6.20 Å². The van der Waals surface area contributed by atoms with E-state index < -0.39 is 0 Å². The molecule has 0 atom stereocenters. The first-order valence-electron chi connectivity index (χ1n) is 5.84. The Hall–Kier alpha value is 0.0400. The Morgan fingerprint density at radius 1 is 1.38 bits per heavy atom. The summed E-state index contributed by atoms with van der Waals surface area (Å²) >= 11 is 5.41. The Morgan fingerprint density at radius 3 is 2.50 bits per heavy atom. The molecule has 0 bridgehead atoms. The van der Waals surface area contributed by atoms with Gasteiger partial charge in [0, 0.05) is 11.1 Å². The van der Waals surface area contributed by atoms with E-state index in [9.17, 15) is 0 Å². The molecule has 1 rings (SSSR count). The largest absolute Gasteiger partial charge is 0.440 e. The minimum Gasteiger partial charge on any atom is -0.440 e. The summed E-state index contributed by atoms with van der Waals surface area (Å²) in [5.41, 5.74) is 0.392. The molecule has 0 saturated carbocycles. The molecule has 0 spiro atoms. The summed E-state index contributed by atoms with van der Waals surface area (Å²) < 4.78 is 5.27. The van der Waals surface area contributed by atoms with Gasteiger partial charge < -0.3 is 4.42 Å². The molecular formula is C12H20BrNOS. The molecule has 0 aliphatic carbocycles. The van der Waals surface area contributed by atoms with Gasteiger partial charge in [0.1, 0.15) is 6.26 Å². The number of hydrogen-bond donors (Lipinski definition) is 0. The maximum atomic E-state index is 5.27. The lowest BCUT2D eigenvalue weighted by Crippen LogP contribution is -2.25. The van der Waals surface area contributed by atoms with Crippen molar-refractivity contribution in [2.75, 3.05) is 11.1 Å². The Labute approximate surface area is 111 Å². The van der Waals surface area contributed by atoms with Gasteiger partial charge >= 0.3 is 0 Å². The highest BCUT2D eigenvalue weighted by atomic mass is 79.9. The van der Waals surface area contributed by atoms with Crippen LogP contribution in [0.5, 0.6) is 0 Å². The molecule has 0 fully saturated rings. The first kappa shape index (κ1) is 14.1. The Bertz CT molecular complexity index is 271. The number of thioether (sulfide) groups is 1. The third-order valence-electron chi connectivity index (χ3n) is 2.76. The predicted molar refractivity (Wildman–Crippen MR) is 73.3 cm³/mol. The van der Waals surface area contributed by atoms with Crippen LogP contribution in [0.4, 0.5) is 0 Å². The summed E-state index contributed by atoms with van der Waals surface area (Å²) in [6.45, 7) is 4.51. The van der Waals surface area contributed by atoms with Crippen LogP contribution in [-0.4, -0.2) is 16.1 Å². The zero-order valence-electron chi connectivity index (χ0n) is 10.0. The maximum Gasteiger partial charge on any atom is 0.255 e. The lowest BCUT2D eigenvalue weighted by molar-refractivity contribution is 0.318. The van der Waals surface area contributed by atoms with Gasteiger partial charge in [-0.25, -0.2) is 4.98 Å². The van der Waals surface area contributed by atoms with Gasteiger partial charge in [-0.1, -0.05) is 54.4 Å². The van der Waals surface area contributed by atoms with Crippen molar-refractivity contribution in [2.24, 2.45) is 5.41 Å². The maximum absolute atomic E-state index is 5.27. The minimum atomic E-state index is 0.392. The standard InChI is InChI=1S/C12H20BrNOS/c1-3-5-12(9-13,6-4-2)10-16-11-14-7-8-15-11/h7-8H,3-6,9-10H2,1-2H3. The van der Waals surface area contributed by atoms with E-state index in [1.807, 2.05) is 0 Å². The Balaban J connectivity index is 2.54. The number of aromatic nitrogens is 1. The van der Waals surface area contributed by atoms with E-state index in [2.05, 4.69) is 34.8 Å². The Kier molecular flexibility index (Phi) is 6.51. The quantitative estimate of drug-likeness (QED) is 0.512. The van der Waals surface area contributed by atoms with Crippen molar-refractivity contribution in [1.82, 2.24) is 4.98 Å². The highest BCUT2D eigenvalue weighted by Crippen LogP contribution is 2.37. The molecule has 0 amide bonds. The van der Waals surface area contributed by atoms with Crippen molar-refractivity contribution in [3.05, 3.63) is 12.5 Å². The van der Waals surface area contributed by atoms with Crippen LogP contribution in [0.2, 0.25) is 0 Å². The number of rotatable bonds is 8. The second-order valence-corrected chi connectivity index (χ2v) is 5.71. The summed E-state index contributed by atoms with van der Waals surface area (Å²) in [7, 11) is 0. The fourth-order valence-corrected chi connectivity index (χ4v) is 4.10. The smallest absolute Gasteiger partial charge is 0.255 e. The fourth-order valence-electron chi connectivity index (χ4n) is 2.00. The number of nitrogens with zero attached hydrogens (tertiary/aromatic N) is 1. The molecule has 0 aromatic carbocycles. The molecule has 2 nitrogen and oxygen atoms in total. The van der Waals surface area contributed by atoms with E-state index in [0.29, 0.717) is 5.41 Å². The van der Waals surface area contributed by atoms with Gasteiger partial charge in [0.15, 0.2) is 0 Å². The molecule has 92 valence electrons.